The van der Waals surface area contributed by atoms with Crippen LogP contribution in [-0.4, -0.2) is 36.1 Å². The van der Waals surface area contributed by atoms with Crippen LogP contribution in [0.25, 0.3) is 10.2 Å². The zero-order chi connectivity index (χ0) is 13.2. The van der Waals surface area contributed by atoms with Crippen molar-refractivity contribution in [1.29, 1.82) is 0 Å². The zero-order valence-electron chi connectivity index (χ0n) is 11.1. The summed E-state index contributed by atoms with van der Waals surface area (Å²) in [6.07, 6.45) is 3.64. The van der Waals surface area contributed by atoms with Gasteiger partial charge < -0.3 is 15.4 Å². The Morgan fingerprint density at radius 1 is 1.53 bits per heavy atom. The highest BCUT2D eigenvalue weighted by Gasteiger charge is 2.20. The van der Waals surface area contributed by atoms with E-state index in [9.17, 15) is 0 Å². The molecule has 19 heavy (non-hydrogen) atoms. The number of anilines is 1. The highest BCUT2D eigenvalue weighted by molar-refractivity contribution is 7.16. The van der Waals surface area contributed by atoms with Crippen molar-refractivity contribution in [2.75, 3.05) is 25.9 Å². The summed E-state index contributed by atoms with van der Waals surface area (Å²) in [5, 5.41) is 0. The molecule has 1 atom stereocenters. The Bertz CT molecular complexity index is 569. The maximum atomic E-state index is 6.09. The van der Waals surface area contributed by atoms with Gasteiger partial charge in [-0.25, -0.2) is 4.98 Å². The molecule has 1 aromatic carbocycles. The van der Waals surface area contributed by atoms with E-state index in [1.54, 1.807) is 11.3 Å². The molecule has 0 radical (unpaired) electrons. The van der Waals surface area contributed by atoms with Gasteiger partial charge in [-0.15, -0.1) is 11.3 Å². The van der Waals surface area contributed by atoms with Crippen LogP contribution in [0.1, 0.15) is 19.3 Å². The molecule has 3 rings (SSSR count). The molecule has 1 fully saturated rings. The molecule has 2 N–H and O–H groups in total. The summed E-state index contributed by atoms with van der Waals surface area (Å²) in [6, 6.07) is 4.64. The minimum atomic E-state index is 0.657. The average Bonchev–Trinajstić information content (AvgIpc) is 3.02. The fraction of sp³-hybridized carbons (Fsp3) is 0.500. The normalized spacial score (nSPS) is 20.2. The first-order chi connectivity index (χ1) is 9.25. The number of hydrogen-bond acceptors (Lipinski definition) is 5. The Morgan fingerprint density at radius 2 is 2.42 bits per heavy atom. The summed E-state index contributed by atoms with van der Waals surface area (Å²) in [5.74, 6) is 0.763. The molecule has 1 saturated heterocycles. The predicted molar refractivity (Wildman–Crippen MR) is 79.8 cm³/mol. The van der Waals surface area contributed by atoms with Crippen LogP contribution in [0.3, 0.4) is 0 Å². The minimum absolute atomic E-state index is 0.657. The topological polar surface area (TPSA) is 51.4 Å². The number of nitrogen functional groups attached to an aromatic ring is 1. The smallest absolute Gasteiger partial charge is 0.144 e. The van der Waals surface area contributed by atoms with Gasteiger partial charge in [-0.05, 0) is 45.0 Å². The van der Waals surface area contributed by atoms with Crippen LogP contribution in [0.4, 0.5) is 5.69 Å². The maximum Gasteiger partial charge on any atom is 0.144 e. The van der Waals surface area contributed by atoms with Crippen LogP contribution in [0.2, 0.25) is 0 Å². The number of nitrogens with zero attached hydrogens (tertiary/aromatic N) is 2. The van der Waals surface area contributed by atoms with Crippen molar-refractivity contribution in [2.45, 2.75) is 25.3 Å². The van der Waals surface area contributed by atoms with Gasteiger partial charge in [-0.3, -0.25) is 0 Å². The largest absolute Gasteiger partial charge is 0.491 e. The van der Waals surface area contributed by atoms with Crippen molar-refractivity contribution in [3.8, 4) is 5.75 Å². The van der Waals surface area contributed by atoms with E-state index in [1.807, 2.05) is 17.6 Å². The molecule has 102 valence electrons. The van der Waals surface area contributed by atoms with Crippen molar-refractivity contribution in [3.63, 3.8) is 0 Å². The molecule has 0 aliphatic carbocycles. The van der Waals surface area contributed by atoms with Gasteiger partial charge in [0.25, 0.3) is 0 Å². The van der Waals surface area contributed by atoms with E-state index >= 15 is 0 Å². The van der Waals surface area contributed by atoms with Crippen LogP contribution in [0.5, 0.6) is 5.75 Å². The lowest BCUT2D eigenvalue weighted by Gasteiger charge is -2.19. The fourth-order valence-electron chi connectivity index (χ4n) is 2.71. The maximum absolute atomic E-state index is 6.09. The Kier molecular flexibility index (Phi) is 3.57. The second kappa shape index (κ2) is 5.35. The number of rotatable bonds is 4. The summed E-state index contributed by atoms with van der Waals surface area (Å²) >= 11 is 1.60. The molecular formula is C14H19N3OS. The monoisotopic (exact) mass is 277 g/mol. The van der Waals surface area contributed by atoms with E-state index < -0.39 is 0 Å². The number of likely N-dealkylation sites (tertiary alicyclic amines) is 1. The number of thiazole rings is 1. The standard InChI is InChI=1S/C14H19N3OS/c1-17-7-2-3-10(17)6-8-18-11-4-5-12-14(13(11)15)16-9-19-12/h4-5,9-10H,2-3,6-8,15H2,1H3. The molecule has 2 heterocycles. The van der Waals surface area contributed by atoms with Crippen LogP contribution in [-0.2, 0) is 0 Å². The lowest BCUT2D eigenvalue weighted by atomic mass is 10.1. The van der Waals surface area contributed by atoms with Gasteiger partial charge in [-0.2, -0.15) is 0 Å². The number of aromatic nitrogens is 1. The van der Waals surface area contributed by atoms with E-state index in [2.05, 4.69) is 16.9 Å². The summed E-state index contributed by atoms with van der Waals surface area (Å²) in [5.41, 5.74) is 9.44. The molecule has 5 heteroatoms. The van der Waals surface area contributed by atoms with E-state index in [-0.39, 0.29) is 0 Å². The first kappa shape index (κ1) is 12.7. The second-order valence-corrected chi connectivity index (χ2v) is 5.98. The molecular weight excluding hydrogens is 258 g/mol. The first-order valence-electron chi connectivity index (χ1n) is 6.70. The van der Waals surface area contributed by atoms with Gasteiger partial charge in [-0.1, -0.05) is 0 Å². The number of fused-ring (bicyclic) bond motifs is 1. The van der Waals surface area contributed by atoms with Crippen LogP contribution in [0.15, 0.2) is 17.6 Å². The number of benzene rings is 1. The lowest BCUT2D eigenvalue weighted by molar-refractivity contribution is 0.234. The Balaban J connectivity index is 1.63. The van der Waals surface area contributed by atoms with Gasteiger partial charge in [0, 0.05) is 6.04 Å². The zero-order valence-corrected chi connectivity index (χ0v) is 11.9. The molecule has 4 nitrogen and oxygen atoms in total. The van der Waals surface area contributed by atoms with Gasteiger partial charge in [0.2, 0.25) is 0 Å². The molecule has 0 amide bonds. The number of hydrogen-bond donors (Lipinski definition) is 1. The van der Waals surface area contributed by atoms with Crippen LogP contribution >= 0.6 is 11.3 Å². The third-order valence-electron chi connectivity index (χ3n) is 3.88. The van der Waals surface area contributed by atoms with Gasteiger partial charge in [0.15, 0.2) is 0 Å². The molecule has 0 spiro atoms. The fourth-order valence-corrected chi connectivity index (χ4v) is 3.40. The number of nitrogens with two attached hydrogens (primary N) is 1. The van der Waals surface area contributed by atoms with E-state index in [0.717, 1.165) is 29.0 Å². The molecule has 1 unspecified atom stereocenters. The van der Waals surface area contributed by atoms with E-state index in [0.29, 0.717) is 11.7 Å². The van der Waals surface area contributed by atoms with Gasteiger partial charge >= 0.3 is 0 Å². The summed E-state index contributed by atoms with van der Waals surface area (Å²) in [7, 11) is 2.19. The summed E-state index contributed by atoms with van der Waals surface area (Å²) in [6.45, 7) is 1.92. The van der Waals surface area contributed by atoms with Crippen molar-refractivity contribution >= 4 is 27.2 Å². The average molecular weight is 277 g/mol. The molecule has 1 aromatic heterocycles. The molecule has 1 aliphatic rings. The third kappa shape index (κ3) is 2.53. The molecule has 1 aliphatic heterocycles. The van der Waals surface area contributed by atoms with E-state index in [4.69, 9.17) is 10.5 Å². The van der Waals surface area contributed by atoms with E-state index in [1.165, 1.54) is 19.4 Å². The second-order valence-electron chi connectivity index (χ2n) is 5.09. The van der Waals surface area contributed by atoms with Crippen molar-refractivity contribution in [1.82, 2.24) is 9.88 Å². The quantitative estimate of drug-likeness (QED) is 0.873. The molecule has 2 aromatic rings. The van der Waals surface area contributed by atoms with Crippen LogP contribution in [0, 0.1) is 0 Å². The summed E-state index contributed by atoms with van der Waals surface area (Å²) < 4.78 is 6.95. The predicted octanol–water partition coefficient (Wildman–Crippen LogP) is 2.74. The van der Waals surface area contributed by atoms with Crippen LogP contribution < -0.4 is 10.5 Å². The molecule has 0 bridgehead atoms. The Morgan fingerprint density at radius 3 is 3.21 bits per heavy atom. The first-order valence-corrected chi connectivity index (χ1v) is 7.58. The highest BCUT2D eigenvalue weighted by Crippen LogP contribution is 2.31. The van der Waals surface area contributed by atoms with Gasteiger partial charge in [0.1, 0.15) is 17.0 Å². The minimum Gasteiger partial charge on any atom is -0.491 e. The highest BCUT2D eigenvalue weighted by atomic mass is 32.1. The lowest BCUT2D eigenvalue weighted by Crippen LogP contribution is -2.26. The number of ether oxygens (including phenoxy) is 1. The van der Waals surface area contributed by atoms with Gasteiger partial charge in [0.05, 0.1) is 16.8 Å². The van der Waals surface area contributed by atoms with Crippen molar-refractivity contribution in [3.05, 3.63) is 17.6 Å². The van der Waals surface area contributed by atoms with Crippen molar-refractivity contribution in [2.24, 2.45) is 0 Å². The van der Waals surface area contributed by atoms with Crippen molar-refractivity contribution < 1.29 is 4.74 Å². The SMILES string of the molecule is CN1CCCC1CCOc1ccc2scnc2c1N. The Labute approximate surface area is 117 Å². The summed E-state index contributed by atoms with van der Waals surface area (Å²) in [4.78, 5) is 6.69. The Hall–Kier alpha value is -1.33. The molecule has 0 saturated carbocycles. The third-order valence-corrected chi connectivity index (χ3v) is 4.68.